The summed E-state index contributed by atoms with van der Waals surface area (Å²) < 4.78 is 18.8. The van der Waals surface area contributed by atoms with E-state index in [0.717, 1.165) is 63.6 Å². The summed E-state index contributed by atoms with van der Waals surface area (Å²) in [7, 11) is 1.60. The second-order valence-electron chi connectivity index (χ2n) is 9.88. The molecule has 1 atom stereocenters. The molecule has 0 aromatic carbocycles. The molecule has 2 aromatic rings. The molecule has 1 aliphatic rings. The van der Waals surface area contributed by atoms with Gasteiger partial charge in [0.1, 0.15) is 6.61 Å². The minimum atomic E-state index is -0.222. The van der Waals surface area contributed by atoms with E-state index in [2.05, 4.69) is 21.9 Å². The molecule has 3 heterocycles. The minimum Gasteiger partial charge on any atom is -0.468 e. The van der Waals surface area contributed by atoms with Gasteiger partial charge < -0.3 is 24.8 Å². The molecular weight excluding hydrogens is 484 g/mol. The number of anilines is 1. The van der Waals surface area contributed by atoms with E-state index >= 15 is 0 Å². The number of ether oxygens (including phenoxy) is 3. The summed E-state index contributed by atoms with van der Waals surface area (Å²) in [4.78, 5) is 27.7. The first-order chi connectivity index (χ1) is 18.4. The van der Waals surface area contributed by atoms with Gasteiger partial charge in [0.05, 0.1) is 13.2 Å². The van der Waals surface area contributed by atoms with Crippen molar-refractivity contribution < 1.29 is 19.0 Å². The molecule has 0 saturated carbocycles. The molecule has 2 aromatic heterocycles. The zero-order valence-corrected chi connectivity index (χ0v) is 23.6. The van der Waals surface area contributed by atoms with E-state index in [1.165, 1.54) is 0 Å². The fourth-order valence-electron chi connectivity index (χ4n) is 4.82. The highest BCUT2D eigenvalue weighted by atomic mass is 16.6. The number of nitrogens with two attached hydrogens (primary N) is 1. The molecule has 1 unspecified atom stereocenters. The number of amides is 1. The normalized spacial score (nSPS) is 15.8. The highest BCUT2D eigenvalue weighted by Crippen LogP contribution is 2.28. The minimum absolute atomic E-state index is 0.00672. The van der Waals surface area contributed by atoms with E-state index in [0.29, 0.717) is 42.1 Å². The third kappa shape index (κ3) is 7.85. The molecule has 0 bridgehead atoms. The number of aromatic nitrogens is 4. The number of rotatable bonds is 13. The number of likely N-dealkylation sites (tertiary alicyclic amines) is 1. The number of fused-ring (bicyclic) bond motifs is 1. The third-order valence-electron chi connectivity index (χ3n) is 6.98. The number of nitrogens with zero attached hydrogens (tertiary/aromatic N) is 5. The number of methoxy groups -OCH3 is 1. The first-order valence-corrected chi connectivity index (χ1v) is 13.8. The molecule has 0 spiro atoms. The molecule has 10 heteroatoms. The number of carbonyl (C=O) groups is 1. The molecule has 38 heavy (non-hydrogen) atoms. The Morgan fingerprint density at radius 3 is 2.61 bits per heavy atom. The fraction of sp³-hybridized carbons (Fsp3) is 0.643. The van der Waals surface area contributed by atoms with Crippen molar-refractivity contribution in [2.75, 3.05) is 32.5 Å². The molecule has 10 nitrogen and oxygen atoms in total. The molecule has 0 aliphatic carbocycles. The van der Waals surface area contributed by atoms with E-state index in [-0.39, 0.29) is 18.2 Å². The van der Waals surface area contributed by atoms with Crippen molar-refractivity contribution in [2.45, 2.75) is 85.3 Å². The number of nitrogen functional groups attached to an aromatic ring is 1. The zero-order valence-electron chi connectivity index (χ0n) is 23.6. The number of hydrogen-bond acceptors (Lipinski definition) is 8. The van der Waals surface area contributed by atoms with Gasteiger partial charge in [-0.2, -0.15) is 15.0 Å². The van der Waals surface area contributed by atoms with Gasteiger partial charge in [0, 0.05) is 19.6 Å². The summed E-state index contributed by atoms with van der Waals surface area (Å²) in [6.45, 7) is 10.5. The number of aryl methyl sites for hydroxylation is 1. The summed E-state index contributed by atoms with van der Waals surface area (Å²) >= 11 is 0. The van der Waals surface area contributed by atoms with Crippen LogP contribution in [0.25, 0.3) is 11.2 Å². The predicted octanol–water partition coefficient (Wildman–Crippen LogP) is 5.53. The van der Waals surface area contributed by atoms with Gasteiger partial charge in [-0.3, -0.25) is 4.57 Å². The van der Waals surface area contributed by atoms with Crippen LogP contribution in [-0.4, -0.2) is 63.4 Å². The van der Waals surface area contributed by atoms with Crippen molar-refractivity contribution >= 4 is 23.1 Å². The van der Waals surface area contributed by atoms with E-state index in [4.69, 9.17) is 19.9 Å². The molecule has 2 N–H and O–H groups in total. The Bertz CT molecular complexity index is 1100. The van der Waals surface area contributed by atoms with Gasteiger partial charge in [0.15, 0.2) is 17.0 Å². The lowest BCUT2D eigenvalue weighted by atomic mass is 9.92. The van der Waals surface area contributed by atoms with Crippen LogP contribution in [-0.2, 0) is 11.3 Å². The highest BCUT2D eigenvalue weighted by Gasteiger charge is 2.24. The number of unbranched alkanes of at least 4 members (excludes halogenated alkanes) is 1. The lowest BCUT2D eigenvalue weighted by molar-refractivity contribution is 0.0936. The van der Waals surface area contributed by atoms with Crippen molar-refractivity contribution in [1.82, 2.24) is 24.4 Å². The standard InChI is InChI=1S/C28H44N6O4/c1-6-11-20(4)38-26-31-24(29)23-25(32-26)34(27(30-23)36-5)16-10-9-13-22-14-17-33(18-15-22)28(35)37-19-21(8-3)12-7-2/h7-8,12,20,22H,6,9-11,13-19H2,1-5H3,(H2,29,31,32). The second kappa shape index (κ2) is 14.6. The lowest BCUT2D eigenvalue weighted by Crippen LogP contribution is -2.39. The monoisotopic (exact) mass is 528 g/mol. The maximum Gasteiger partial charge on any atom is 0.410 e. The van der Waals surface area contributed by atoms with Crippen LogP contribution in [0.1, 0.15) is 72.6 Å². The van der Waals surface area contributed by atoms with Crippen LogP contribution in [0.2, 0.25) is 0 Å². The number of allylic oxidation sites excluding steroid dienone is 2. The molecule has 0 radical (unpaired) electrons. The molecule has 210 valence electrons. The smallest absolute Gasteiger partial charge is 0.410 e. The summed E-state index contributed by atoms with van der Waals surface area (Å²) in [6.07, 6.45) is 12.7. The predicted molar refractivity (Wildman–Crippen MR) is 149 cm³/mol. The Labute approximate surface area is 226 Å². The summed E-state index contributed by atoms with van der Waals surface area (Å²) in [5.74, 6) is 0.896. The van der Waals surface area contributed by atoms with E-state index < -0.39 is 0 Å². The average molecular weight is 529 g/mol. The molecule has 1 fully saturated rings. The van der Waals surface area contributed by atoms with Gasteiger partial charge in [-0.25, -0.2) is 4.79 Å². The highest BCUT2D eigenvalue weighted by molar-refractivity contribution is 5.83. The van der Waals surface area contributed by atoms with Crippen LogP contribution < -0.4 is 15.2 Å². The van der Waals surface area contributed by atoms with Crippen molar-refractivity contribution in [3.8, 4) is 12.0 Å². The molecular formula is C28H44N6O4. The van der Waals surface area contributed by atoms with Crippen molar-refractivity contribution in [3.05, 3.63) is 23.8 Å². The van der Waals surface area contributed by atoms with Gasteiger partial charge in [0.2, 0.25) is 0 Å². The number of carbonyl (C=O) groups excluding carboxylic acids is 1. The van der Waals surface area contributed by atoms with Crippen molar-refractivity contribution in [1.29, 1.82) is 0 Å². The summed E-state index contributed by atoms with van der Waals surface area (Å²) in [5, 5.41) is 0. The first-order valence-electron chi connectivity index (χ1n) is 13.8. The Morgan fingerprint density at radius 2 is 1.95 bits per heavy atom. The maximum atomic E-state index is 12.4. The maximum absolute atomic E-state index is 12.4. The van der Waals surface area contributed by atoms with Crippen LogP contribution in [0.15, 0.2) is 23.8 Å². The van der Waals surface area contributed by atoms with Gasteiger partial charge in [-0.15, -0.1) is 0 Å². The summed E-state index contributed by atoms with van der Waals surface area (Å²) in [6, 6.07) is 0.746. The van der Waals surface area contributed by atoms with Gasteiger partial charge in [0.25, 0.3) is 6.01 Å². The largest absolute Gasteiger partial charge is 0.468 e. The molecule has 1 saturated heterocycles. The van der Waals surface area contributed by atoms with E-state index in [1.54, 1.807) is 7.11 Å². The number of imidazole rings is 1. The van der Waals surface area contributed by atoms with Crippen LogP contribution in [0.5, 0.6) is 12.0 Å². The zero-order chi connectivity index (χ0) is 27.5. The Hall–Kier alpha value is -3.30. The Balaban J connectivity index is 1.49. The Kier molecular flexibility index (Phi) is 11.2. The number of piperidine rings is 1. The van der Waals surface area contributed by atoms with Crippen LogP contribution >= 0.6 is 0 Å². The fourth-order valence-corrected chi connectivity index (χ4v) is 4.82. The SMILES string of the molecule is CC=CC(=CC)COC(=O)N1CCC(CCCCn2c(OC)nc3c(N)nc(OC(C)CCC)nc32)CC1. The molecule has 3 rings (SSSR count). The van der Waals surface area contributed by atoms with Crippen molar-refractivity contribution in [3.63, 3.8) is 0 Å². The first kappa shape index (κ1) is 29.3. The van der Waals surface area contributed by atoms with E-state index in [1.807, 2.05) is 48.5 Å². The third-order valence-corrected chi connectivity index (χ3v) is 6.98. The van der Waals surface area contributed by atoms with Crippen molar-refractivity contribution in [2.24, 2.45) is 5.92 Å². The van der Waals surface area contributed by atoms with Gasteiger partial charge in [-0.1, -0.05) is 44.4 Å². The average Bonchev–Trinajstić information content (AvgIpc) is 3.27. The Morgan fingerprint density at radius 1 is 1.18 bits per heavy atom. The van der Waals surface area contributed by atoms with E-state index in [9.17, 15) is 4.79 Å². The second-order valence-corrected chi connectivity index (χ2v) is 9.88. The quantitative estimate of drug-likeness (QED) is 0.266. The van der Waals surface area contributed by atoms with Crippen LogP contribution in [0, 0.1) is 5.92 Å². The summed E-state index contributed by atoms with van der Waals surface area (Å²) in [5.41, 5.74) is 8.35. The van der Waals surface area contributed by atoms with Crippen LogP contribution in [0.4, 0.5) is 10.6 Å². The van der Waals surface area contributed by atoms with Crippen LogP contribution in [0.3, 0.4) is 0 Å². The molecule has 1 amide bonds. The van der Waals surface area contributed by atoms with Gasteiger partial charge in [-0.05, 0) is 57.9 Å². The topological polar surface area (TPSA) is 118 Å². The molecule has 1 aliphatic heterocycles. The number of hydrogen-bond donors (Lipinski definition) is 1. The van der Waals surface area contributed by atoms with Gasteiger partial charge >= 0.3 is 12.1 Å². The lowest BCUT2D eigenvalue weighted by Gasteiger charge is -2.31.